The molecule has 0 N–H and O–H groups in total. The minimum absolute atomic E-state index is 0.123. The standard InChI is InChI=1S/C15H30O5Si/c1-6-18-21(19-7-2,20-8-3)12-13(4)9-14(5)16-10-15-11-17-15/h14-15H,4,6-12H2,1-3,5H3. The van der Waals surface area contributed by atoms with Crippen LogP contribution in [0.15, 0.2) is 12.2 Å². The fourth-order valence-corrected chi connectivity index (χ4v) is 4.85. The summed E-state index contributed by atoms with van der Waals surface area (Å²) in [6, 6.07) is 0.649. The van der Waals surface area contributed by atoms with Gasteiger partial charge in [0.1, 0.15) is 6.10 Å². The first-order chi connectivity index (χ1) is 10.0. The third kappa shape index (κ3) is 7.53. The zero-order valence-corrected chi connectivity index (χ0v) is 14.9. The minimum Gasteiger partial charge on any atom is -0.375 e. The first-order valence-electron chi connectivity index (χ1n) is 7.86. The Bertz CT molecular complexity index is 289. The summed E-state index contributed by atoms with van der Waals surface area (Å²) in [5.74, 6) is 0. The first-order valence-corrected chi connectivity index (χ1v) is 9.80. The molecule has 5 nitrogen and oxygen atoms in total. The van der Waals surface area contributed by atoms with Crippen molar-refractivity contribution in [2.24, 2.45) is 0 Å². The Morgan fingerprint density at radius 2 is 1.71 bits per heavy atom. The van der Waals surface area contributed by atoms with Crippen molar-refractivity contribution in [1.29, 1.82) is 0 Å². The van der Waals surface area contributed by atoms with E-state index in [1.807, 2.05) is 20.8 Å². The van der Waals surface area contributed by atoms with Crippen LogP contribution in [0.4, 0.5) is 0 Å². The van der Waals surface area contributed by atoms with Gasteiger partial charge in [-0.25, -0.2) is 0 Å². The van der Waals surface area contributed by atoms with E-state index in [-0.39, 0.29) is 6.10 Å². The third-order valence-electron chi connectivity index (χ3n) is 3.10. The SMILES string of the molecule is C=C(CC(C)OCC1CO1)C[Si](OCC)(OCC)OCC. The molecule has 2 atom stereocenters. The van der Waals surface area contributed by atoms with E-state index in [9.17, 15) is 0 Å². The van der Waals surface area contributed by atoms with Crippen molar-refractivity contribution in [2.75, 3.05) is 33.0 Å². The summed E-state index contributed by atoms with van der Waals surface area (Å²) in [4.78, 5) is 0. The molecular weight excluding hydrogens is 288 g/mol. The van der Waals surface area contributed by atoms with E-state index in [1.54, 1.807) is 0 Å². The number of ether oxygens (including phenoxy) is 2. The summed E-state index contributed by atoms with van der Waals surface area (Å²) in [5, 5.41) is 0. The Labute approximate surface area is 129 Å². The Balaban J connectivity index is 2.44. The molecule has 6 heteroatoms. The maximum Gasteiger partial charge on any atom is 0.505 e. The van der Waals surface area contributed by atoms with Crippen molar-refractivity contribution in [3.05, 3.63) is 12.2 Å². The summed E-state index contributed by atoms with van der Waals surface area (Å²) in [6.45, 7) is 15.3. The van der Waals surface area contributed by atoms with Gasteiger partial charge in [0.05, 0.1) is 19.3 Å². The van der Waals surface area contributed by atoms with E-state index >= 15 is 0 Å². The topological polar surface area (TPSA) is 49.5 Å². The lowest BCUT2D eigenvalue weighted by Crippen LogP contribution is -2.46. The van der Waals surface area contributed by atoms with Gasteiger partial charge in [0.25, 0.3) is 0 Å². The van der Waals surface area contributed by atoms with Crippen LogP contribution in [0.3, 0.4) is 0 Å². The molecule has 21 heavy (non-hydrogen) atoms. The lowest BCUT2D eigenvalue weighted by atomic mass is 10.2. The van der Waals surface area contributed by atoms with Crippen LogP contribution in [0.25, 0.3) is 0 Å². The molecule has 0 aliphatic carbocycles. The van der Waals surface area contributed by atoms with Crippen LogP contribution in [0, 0.1) is 0 Å². The molecule has 1 aliphatic heterocycles. The fourth-order valence-electron chi connectivity index (χ4n) is 2.22. The second-order valence-corrected chi connectivity index (χ2v) is 7.80. The van der Waals surface area contributed by atoms with Crippen LogP contribution in [0.5, 0.6) is 0 Å². The van der Waals surface area contributed by atoms with Gasteiger partial charge >= 0.3 is 8.80 Å². The van der Waals surface area contributed by atoms with Crippen LogP contribution in [-0.4, -0.2) is 54.0 Å². The van der Waals surface area contributed by atoms with E-state index in [0.717, 1.165) is 18.6 Å². The van der Waals surface area contributed by atoms with Gasteiger partial charge in [0.15, 0.2) is 0 Å². The molecule has 0 aromatic rings. The summed E-state index contributed by atoms with van der Waals surface area (Å²) in [6.07, 6.45) is 1.21. The summed E-state index contributed by atoms with van der Waals surface area (Å²) in [7, 11) is -2.64. The predicted octanol–water partition coefficient (Wildman–Crippen LogP) is 2.79. The smallest absolute Gasteiger partial charge is 0.375 e. The van der Waals surface area contributed by atoms with Crippen LogP contribution in [0.1, 0.15) is 34.1 Å². The molecule has 0 aromatic carbocycles. The summed E-state index contributed by atoms with van der Waals surface area (Å²) >= 11 is 0. The molecule has 0 saturated carbocycles. The summed E-state index contributed by atoms with van der Waals surface area (Å²) < 4.78 is 28.4. The highest BCUT2D eigenvalue weighted by Crippen LogP contribution is 2.24. The minimum atomic E-state index is -2.64. The highest BCUT2D eigenvalue weighted by atomic mass is 28.4. The molecule has 0 radical (unpaired) electrons. The van der Waals surface area contributed by atoms with Gasteiger partial charge in [-0.15, -0.1) is 0 Å². The Morgan fingerprint density at radius 1 is 1.19 bits per heavy atom. The Morgan fingerprint density at radius 3 is 2.14 bits per heavy atom. The van der Waals surface area contributed by atoms with Crippen LogP contribution in [0.2, 0.25) is 6.04 Å². The van der Waals surface area contributed by atoms with Crippen molar-refractivity contribution in [3.63, 3.8) is 0 Å². The first kappa shape index (κ1) is 18.8. The van der Waals surface area contributed by atoms with Gasteiger partial charge in [-0.2, -0.15) is 0 Å². The zero-order valence-electron chi connectivity index (χ0n) is 13.9. The van der Waals surface area contributed by atoms with Gasteiger partial charge in [0.2, 0.25) is 0 Å². The van der Waals surface area contributed by atoms with Crippen LogP contribution >= 0.6 is 0 Å². The van der Waals surface area contributed by atoms with Crippen molar-refractivity contribution in [1.82, 2.24) is 0 Å². The molecular formula is C15H30O5Si. The second kappa shape index (κ2) is 9.71. The average Bonchev–Trinajstić information content (AvgIpc) is 3.21. The lowest BCUT2D eigenvalue weighted by Gasteiger charge is -2.29. The van der Waals surface area contributed by atoms with Gasteiger partial charge in [-0.1, -0.05) is 12.2 Å². The maximum absolute atomic E-state index is 5.84. The second-order valence-electron chi connectivity index (χ2n) is 5.21. The molecule has 0 aromatic heterocycles. The normalized spacial score (nSPS) is 19.5. The quantitative estimate of drug-likeness (QED) is 0.297. The van der Waals surface area contributed by atoms with Crippen molar-refractivity contribution in [2.45, 2.75) is 52.4 Å². The third-order valence-corrected chi connectivity index (χ3v) is 6.22. The van der Waals surface area contributed by atoms with Gasteiger partial charge in [0, 0.05) is 25.9 Å². The molecule has 1 fully saturated rings. The number of hydrogen-bond acceptors (Lipinski definition) is 5. The van der Waals surface area contributed by atoms with E-state index < -0.39 is 8.80 Å². The summed E-state index contributed by atoms with van der Waals surface area (Å²) in [5.41, 5.74) is 1.06. The zero-order chi connectivity index (χ0) is 15.7. The molecule has 2 unspecified atom stereocenters. The molecule has 1 saturated heterocycles. The number of epoxide rings is 1. The molecule has 0 bridgehead atoms. The molecule has 1 heterocycles. The fraction of sp³-hybridized carbons (Fsp3) is 0.867. The van der Waals surface area contributed by atoms with Crippen molar-refractivity contribution in [3.8, 4) is 0 Å². The van der Waals surface area contributed by atoms with E-state index in [4.69, 9.17) is 22.8 Å². The van der Waals surface area contributed by atoms with Gasteiger partial charge < -0.3 is 22.8 Å². The lowest BCUT2D eigenvalue weighted by molar-refractivity contribution is 0.0527. The van der Waals surface area contributed by atoms with Gasteiger partial charge in [-0.3, -0.25) is 0 Å². The molecule has 0 spiro atoms. The number of rotatable bonds is 13. The van der Waals surface area contributed by atoms with E-state index in [2.05, 4.69) is 13.5 Å². The Hall–Kier alpha value is -0.243. The molecule has 0 amide bonds. The average molecular weight is 318 g/mol. The molecule has 1 rings (SSSR count). The maximum atomic E-state index is 5.84. The van der Waals surface area contributed by atoms with Crippen LogP contribution < -0.4 is 0 Å². The van der Waals surface area contributed by atoms with Crippen molar-refractivity contribution >= 4 is 8.80 Å². The van der Waals surface area contributed by atoms with Crippen molar-refractivity contribution < 1.29 is 22.8 Å². The molecule has 1 aliphatic rings. The van der Waals surface area contributed by atoms with E-state index in [1.165, 1.54) is 0 Å². The monoisotopic (exact) mass is 318 g/mol. The highest BCUT2D eigenvalue weighted by molar-refractivity contribution is 6.61. The largest absolute Gasteiger partial charge is 0.505 e. The molecule has 124 valence electrons. The predicted molar refractivity (Wildman–Crippen MR) is 84.4 cm³/mol. The van der Waals surface area contributed by atoms with Gasteiger partial charge in [-0.05, 0) is 34.1 Å². The van der Waals surface area contributed by atoms with E-state index in [0.29, 0.717) is 38.6 Å². The van der Waals surface area contributed by atoms with Crippen LogP contribution in [-0.2, 0) is 22.8 Å². The Kier molecular flexibility index (Phi) is 8.69. The number of hydrogen-bond donors (Lipinski definition) is 0. The highest BCUT2D eigenvalue weighted by Gasteiger charge is 2.41.